The number of amides is 3. The molecular weight excluding hydrogens is 488 g/mol. The zero-order valence-corrected chi connectivity index (χ0v) is 21.1. The highest BCUT2D eigenvalue weighted by atomic mass is 16.4. The van der Waals surface area contributed by atoms with Gasteiger partial charge in [-0.05, 0) is 30.4 Å². The van der Waals surface area contributed by atoms with Crippen LogP contribution in [0.1, 0.15) is 42.7 Å². The fourth-order valence-corrected chi connectivity index (χ4v) is 4.69. The number of hydrogen-bond acceptors (Lipinski definition) is 5. The second-order valence-corrected chi connectivity index (χ2v) is 9.07. The van der Waals surface area contributed by atoms with Crippen molar-refractivity contribution in [1.82, 2.24) is 15.5 Å². The smallest absolute Gasteiger partial charge is 0.317 e. The van der Waals surface area contributed by atoms with Crippen molar-refractivity contribution in [1.29, 1.82) is 0 Å². The Kier molecular flexibility index (Phi) is 10.4. The molecule has 0 saturated carbocycles. The quantitative estimate of drug-likeness (QED) is 0.152. The Bertz CT molecular complexity index is 1100. The van der Waals surface area contributed by atoms with Crippen LogP contribution in [0.5, 0.6) is 0 Å². The van der Waals surface area contributed by atoms with Gasteiger partial charge in [0.2, 0.25) is 17.7 Å². The molecule has 11 nitrogen and oxygen atoms in total. The molecule has 0 spiro atoms. The second-order valence-electron chi connectivity index (χ2n) is 9.07. The van der Waals surface area contributed by atoms with E-state index in [-0.39, 0.29) is 30.7 Å². The average Bonchev–Trinajstić information content (AvgIpc) is 3.39. The molecule has 3 rings (SSSR count). The van der Waals surface area contributed by atoms with Gasteiger partial charge in [0.05, 0.1) is 12.6 Å². The van der Waals surface area contributed by atoms with Crippen LogP contribution in [0.4, 0.5) is 0 Å². The third kappa shape index (κ3) is 7.87. The number of carboxylic acid groups (broad SMARTS) is 1. The Balaban J connectivity index is 1.79. The van der Waals surface area contributed by atoms with E-state index in [2.05, 4.69) is 15.6 Å². The highest BCUT2D eigenvalue weighted by Crippen LogP contribution is 2.31. The predicted molar refractivity (Wildman–Crippen MR) is 142 cm³/mol. The third-order valence-electron chi connectivity index (χ3n) is 6.35. The van der Waals surface area contributed by atoms with E-state index in [1.807, 2.05) is 60.7 Å². The SMILES string of the molecule is NC(N)=NC(=O)CCCNC(=O)[C@@H]1CCCN1C(=O)[C@H](NCC(=O)O)C(c1ccccc1)c1ccccc1. The maximum atomic E-state index is 14.0. The first-order chi connectivity index (χ1) is 18.3. The van der Waals surface area contributed by atoms with Crippen LogP contribution in [0.2, 0.25) is 0 Å². The number of aliphatic carboxylic acids is 1. The minimum absolute atomic E-state index is 0.0719. The molecule has 1 fully saturated rings. The van der Waals surface area contributed by atoms with Crippen molar-refractivity contribution in [2.45, 2.75) is 43.7 Å². The molecule has 0 aliphatic carbocycles. The number of nitrogens with one attached hydrogen (secondary N) is 2. The van der Waals surface area contributed by atoms with Crippen molar-refractivity contribution in [2.75, 3.05) is 19.6 Å². The third-order valence-corrected chi connectivity index (χ3v) is 6.35. The molecule has 202 valence electrons. The zero-order chi connectivity index (χ0) is 27.5. The summed E-state index contributed by atoms with van der Waals surface area (Å²) >= 11 is 0. The number of aliphatic imine (C=N–C) groups is 1. The van der Waals surface area contributed by atoms with Crippen molar-refractivity contribution in [3.8, 4) is 0 Å². The molecule has 1 aliphatic rings. The lowest BCUT2D eigenvalue weighted by molar-refractivity contribution is -0.141. The molecule has 0 aromatic heterocycles. The Hall–Kier alpha value is -4.25. The van der Waals surface area contributed by atoms with Gasteiger partial charge in [0.25, 0.3) is 0 Å². The maximum absolute atomic E-state index is 14.0. The summed E-state index contributed by atoms with van der Waals surface area (Å²) in [6, 6.07) is 17.2. The van der Waals surface area contributed by atoms with Crippen molar-refractivity contribution in [3.05, 3.63) is 71.8 Å². The first kappa shape index (κ1) is 28.3. The van der Waals surface area contributed by atoms with Crippen LogP contribution in [-0.4, -0.2) is 71.4 Å². The van der Waals surface area contributed by atoms with Crippen molar-refractivity contribution in [3.63, 3.8) is 0 Å². The highest BCUT2D eigenvalue weighted by molar-refractivity contribution is 5.92. The summed E-state index contributed by atoms with van der Waals surface area (Å²) in [5, 5.41) is 15.1. The largest absolute Gasteiger partial charge is 0.480 e. The van der Waals surface area contributed by atoms with Crippen LogP contribution in [0.25, 0.3) is 0 Å². The van der Waals surface area contributed by atoms with E-state index < -0.39 is 36.4 Å². The monoisotopic (exact) mass is 522 g/mol. The van der Waals surface area contributed by atoms with Gasteiger partial charge in [0, 0.05) is 25.4 Å². The molecular formula is C27H34N6O5. The average molecular weight is 523 g/mol. The number of benzene rings is 2. The number of carboxylic acids is 1. The summed E-state index contributed by atoms with van der Waals surface area (Å²) in [6.07, 6.45) is 1.54. The van der Waals surface area contributed by atoms with Gasteiger partial charge in [0.1, 0.15) is 6.04 Å². The van der Waals surface area contributed by atoms with Gasteiger partial charge in [-0.1, -0.05) is 60.7 Å². The summed E-state index contributed by atoms with van der Waals surface area (Å²) in [5.74, 6) is -3.02. The van der Waals surface area contributed by atoms with Gasteiger partial charge in [-0.3, -0.25) is 24.5 Å². The number of nitrogens with two attached hydrogens (primary N) is 2. The summed E-state index contributed by atoms with van der Waals surface area (Å²) in [7, 11) is 0. The van der Waals surface area contributed by atoms with Crippen LogP contribution >= 0.6 is 0 Å². The van der Waals surface area contributed by atoms with Gasteiger partial charge >= 0.3 is 5.97 Å². The van der Waals surface area contributed by atoms with E-state index in [9.17, 15) is 24.3 Å². The summed E-state index contributed by atoms with van der Waals surface area (Å²) < 4.78 is 0. The predicted octanol–water partition coefficient (Wildman–Crippen LogP) is 0.549. The van der Waals surface area contributed by atoms with Crippen LogP contribution in [0, 0.1) is 0 Å². The Labute approximate surface area is 221 Å². The maximum Gasteiger partial charge on any atom is 0.317 e. The molecule has 2 atom stereocenters. The number of likely N-dealkylation sites (tertiary alicyclic amines) is 1. The molecule has 3 amide bonds. The molecule has 1 saturated heterocycles. The molecule has 38 heavy (non-hydrogen) atoms. The van der Waals surface area contributed by atoms with E-state index in [1.54, 1.807) is 0 Å². The number of hydrogen-bond donors (Lipinski definition) is 5. The van der Waals surface area contributed by atoms with E-state index >= 15 is 0 Å². The molecule has 0 bridgehead atoms. The topological polar surface area (TPSA) is 180 Å². The van der Waals surface area contributed by atoms with Crippen molar-refractivity contribution in [2.24, 2.45) is 16.5 Å². The molecule has 2 aromatic carbocycles. The van der Waals surface area contributed by atoms with Crippen LogP contribution < -0.4 is 22.1 Å². The van der Waals surface area contributed by atoms with E-state index in [0.717, 1.165) is 11.1 Å². The van der Waals surface area contributed by atoms with Crippen molar-refractivity contribution < 1.29 is 24.3 Å². The lowest BCUT2D eigenvalue weighted by atomic mass is 9.84. The molecule has 0 radical (unpaired) electrons. The molecule has 0 unspecified atom stereocenters. The number of guanidine groups is 1. The molecule has 7 N–H and O–H groups in total. The lowest BCUT2D eigenvalue weighted by Crippen LogP contribution is -2.55. The molecule has 1 aliphatic heterocycles. The number of rotatable bonds is 12. The molecule has 1 heterocycles. The minimum Gasteiger partial charge on any atom is -0.480 e. The normalized spacial score (nSPS) is 15.6. The second kappa shape index (κ2) is 13.9. The lowest BCUT2D eigenvalue weighted by Gasteiger charge is -2.33. The first-order valence-electron chi connectivity index (χ1n) is 12.5. The summed E-state index contributed by atoms with van der Waals surface area (Å²) in [5.41, 5.74) is 12.1. The van der Waals surface area contributed by atoms with E-state index in [4.69, 9.17) is 11.5 Å². The molecule has 11 heteroatoms. The van der Waals surface area contributed by atoms with Gasteiger partial charge in [0.15, 0.2) is 5.96 Å². The highest BCUT2D eigenvalue weighted by Gasteiger charge is 2.40. The first-order valence-corrected chi connectivity index (χ1v) is 12.5. The van der Waals surface area contributed by atoms with Crippen LogP contribution in [0.15, 0.2) is 65.7 Å². The van der Waals surface area contributed by atoms with Gasteiger partial charge < -0.3 is 26.8 Å². The van der Waals surface area contributed by atoms with Crippen LogP contribution in [0.3, 0.4) is 0 Å². The number of carbonyl (C=O) groups excluding carboxylic acids is 3. The number of carbonyl (C=O) groups is 4. The Morgan fingerprint density at radius 2 is 1.61 bits per heavy atom. The van der Waals surface area contributed by atoms with E-state index in [1.165, 1.54) is 4.90 Å². The van der Waals surface area contributed by atoms with Crippen molar-refractivity contribution >= 4 is 29.7 Å². The Morgan fingerprint density at radius 3 is 2.16 bits per heavy atom. The van der Waals surface area contributed by atoms with Gasteiger partial charge in [-0.2, -0.15) is 4.99 Å². The standard InChI is InChI=1S/C27H34N6O5/c28-27(29)32-21(34)14-7-15-30-25(37)20-13-8-16-33(20)26(38)24(31-17-22(35)36)23(18-9-3-1-4-10-18)19-11-5-2-6-12-19/h1-6,9-12,20,23-24,31H,7-8,13-17H2,(H,30,37)(H,35,36)(H4,28,29,32,34)/t20-,24+/m0/s1. The van der Waals surface area contributed by atoms with Gasteiger partial charge in [-0.15, -0.1) is 0 Å². The fourth-order valence-electron chi connectivity index (χ4n) is 4.69. The Morgan fingerprint density at radius 1 is 1.00 bits per heavy atom. The minimum atomic E-state index is -1.09. The number of nitrogens with zero attached hydrogens (tertiary/aromatic N) is 2. The fraction of sp³-hybridized carbons (Fsp3) is 0.370. The van der Waals surface area contributed by atoms with Gasteiger partial charge in [-0.25, -0.2) is 0 Å². The summed E-state index contributed by atoms with van der Waals surface area (Å²) in [4.78, 5) is 55.1. The molecule has 2 aromatic rings. The van der Waals surface area contributed by atoms with Crippen LogP contribution in [-0.2, 0) is 19.2 Å². The van der Waals surface area contributed by atoms with E-state index in [0.29, 0.717) is 25.8 Å². The zero-order valence-electron chi connectivity index (χ0n) is 21.1. The summed E-state index contributed by atoms with van der Waals surface area (Å²) in [6.45, 7) is 0.184.